The lowest BCUT2D eigenvalue weighted by atomic mass is 9.84. The van der Waals surface area contributed by atoms with E-state index < -0.39 is 17.5 Å². The van der Waals surface area contributed by atoms with Crippen LogP contribution in [-0.2, 0) is 21.4 Å². The Labute approximate surface area is 236 Å². The molecule has 0 spiro atoms. The predicted molar refractivity (Wildman–Crippen MR) is 151 cm³/mol. The highest BCUT2D eigenvalue weighted by atomic mass is 32.1. The molecule has 1 unspecified atom stereocenters. The summed E-state index contributed by atoms with van der Waals surface area (Å²) in [6, 6.07) is 9.40. The van der Waals surface area contributed by atoms with Gasteiger partial charge in [-0.25, -0.2) is 4.98 Å². The summed E-state index contributed by atoms with van der Waals surface area (Å²) in [5.41, 5.74) is 0.654. The van der Waals surface area contributed by atoms with E-state index in [0.717, 1.165) is 24.0 Å². The molecule has 1 aliphatic carbocycles. The number of para-hydroxylation sites is 1. The van der Waals surface area contributed by atoms with Gasteiger partial charge in [0.25, 0.3) is 5.56 Å². The van der Waals surface area contributed by atoms with Gasteiger partial charge in [-0.1, -0.05) is 18.2 Å². The molecule has 0 saturated heterocycles. The average Bonchev–Trinajstić information content (AvgIpc) is 3.59. The van der Waals surface area contributed by atoms with Crippen LogP contribution >= 0.6 is 11.3 Å². The number of aliphatic hydroxyl groups excluding tert-OH is 1. The van der Waals surface area contributed by atoms with Gasteiger partial charge in [0.2, 0.25) is 5.89 Å². The Morgan fingerprint density at radius 1 is 1.25 bits per heavy atom. The van der Waals surface area contributed by atoms with Gasteiger partial charge in [0.05, 0.1) is 37.0 Å². The van der Waals surface area contributed by atoms with Crippen molar-refractivity contribution >= 4 is 22.1 Å². The zero-order valence-corrected chi connectivity index (χ0v) is 23.9. The number of carboxylic acid groups (broad SMARTS) is 1. The molecule has 3 aromatic heterocycles. The number of aromatic nitrogens is 2. The van der Waals surface area contributed by atoms with E-state index in [0.29, 0.717) is 46.3 Å². The van der Waals surface area contributed by atoms with E-state index >= 15 is 0 Å². The van der Waals surface area contributed by atoms with E-state index in [1.807, 2.05) is 31.2 Å². The minimum atomic E-state index is -1.43. The summed E-state index contributed by atoms with van der Waals surface area (Å²) in [7, 11) is 1.62. The summed E-state index contributed by atoms with van der Waals surface area (Å²) in [5, 5.41) is 20.1. The monoisotopic (exact) mass is 566 g/mol. The third-order valence-electron chi connectivity index (χ3n) is 7.82. The second-order valence-electron chi connectivity index (χ2n) is 10.8. The Bertz CT molecular complexity index is 1560. The molecule has 0 amide bonds. The summed E-state index contributed by atoms with van der Waals surface area (Å²) < 4.78 is 19.5. The molecule has 3 heterocycles. The number of hydrogen-bond donors (Lipinski definition) is 2. The lowest BCUT2D eigenvalue weighted by Gasteiger charge is -2.31. The Morgan fingerprint density at radius 3 is 2.62 bits per heavy atom. The molecular formula is C30H34N2O7S. The third-order valence-corrected chi connectivity index (χ3v) is 9.13. The number of thiazole rings is 1. The number of aliphatic hydroxyl groups is 1. The van der Waals surface area contributed by atoms with Crippen molar-refractivity contribution in [3.8, 4) is 16.5 Å². The molecule has 5 rings (SSSR count). The van der Waals surface area contributed by atoms with Gasteiger partial charge in [-0.15, -0.1) is 11.3 Å². The van der Waals surface area contributed by atoms with Crippen molar-refractivity contribution in [3.05, 3.63) is 75.5 Å². The van der Waals surface area contributed by atoms with Gasteiger partial charge in [-0.2, -0.15) is 0 Å². The summed E-state index contributed by atoms with van der Waals surface area (Å²) >= 11 is 1.38. The molecule has 0 bridgehead atoms. The largest absolute Gasteiger partial charge is 0.496 e. The summed E-state index contributed by atoms with van der Waals surface area (Å²) in [5.74, 6) is -0.00917. The van der Waals surface area contributed by atoms with Crippen LogP contribution in [0.4, 0.5) is 0 Å². The van der Waals surface area contributed by atoms with E-state index in [9.17, 15) is 19.8 Å². The smallest absolute Gasteiger partial charge is 0.313 e. The number of hydrogen-bond acceptors (Lipinski definition) is 8. The van der Waals surface area contributed by atoms with Crippen LogP contribution in [0.5, 0.6) is 5.75 Å². The van der Waals surface area contributed by atoms with Crippen LogP contribution in [0.3, 0.4) is 0 Å². The number of aliphatic carboxylic acids is 1. The fourth-order valence-electron chi connectivity index (χ4n) is 5.36. The highest BCUT2D eigenvalue weighted by Gasteiger charge is 2.35. The molecule has 9 nitrogen and oxygen atoms in total. The van der Waals surface area contributed by atoms with Gasteiger partial charge in [-0.3, -0.25) is 14.0 Å². The van der Waals surface area contributed by atoms with Crippen molar-refractivity contribution < 1.29 is 28.9 Å². The second kappa shape index (κ2) is 11.2. The summed E-state index contributed by atoms with van der Waals surface area (Å²) in [6.07, 6.45) is 5.42. The first kappa shape index (κ1) is 28.1. The number of aryl methyl sites for hydroxylation is 1. The van der Waals surface area contributed by atoms with Crippen LogP contribution in [0.1, 0.15) is 68.0 Å². The number of pyridine rings is 1. The molecule has 1 fully saturated rings. The van der Waals surface area contributed by atoms with Crippen molar-refractivity contribution in [1.82, 2.24) is 9.38 Å². The summed E-state index contributed by atoms with van der Waals surface area (Å²) in [6.45, 7) is 4.90. The van der Waals surface area contributed by atoms with Crippen LogP contribution in [0.2, 0.25) is 0 Å². The maximum absolute atomic E-state index is 13.8. The number of methoxy groups -OCH3 is 1. The first-order valence-electron chi connectivity index (χ1n) is 13.4. The SMILES string of the molecule is COc1ccccc1C(Cc1cc(C(C)(C)C(=O)O)c(=O)n2c(C)c(-c3ncco3)sc12)OC1CCC(O)CC1. The van der Waals surface area contributed by atoms with Crippen LogP contribution in [0.15, 0.2) is 52.0 Å². The Kier molecular flexibility index (Phi) is 7.85. The first-order valence-corrected chi connectivity index (χ1v) is 14.2. The van der Waals surface area contributed by atoms with Gasteiger partial charge in [0.1, 0.15) is 21.7 Å². The van der Waals surface area contributed by atoms with Crippen LogP contribution in [-0.4, -0.2) is 44.9 Å². The van der Waals surface area contributed by atoms with Crippen LogP contribution in [0.25, 0.3) is 15.6 Å². The zero-order valence-electron chi connectivity index (χ0n) is 23.0. The number of benzene rings is 1. The molecule has 4 aromatic rings. The molecule has 2 N–H and O–H groups in total. The predicted octanol–water partition coefficient (Wildman–Crippen LogP) is 5.30. The molecule has 1 atom stereocenters. The topological polar surface area (TPSA) is 124 Å². The molecule has 1 aromatic carbocycles. The number of carboxylic acids is 1. The van der Waals surface area contributed by atoms with Gasteiger partial charge >= 0.3 is 5.97 Å². The quantitative estimate of drug-likeness (QED) is 0.280. The standard InChI is InChI=1S/C30H34N2O7S/c1-17-25(26-31-13-14-38-26)40-28-18(15-22(27(34)32(17)28)30(2,3)29(35)36)16-24(21-7-5-6-8-23(21)37-4)39-20-11-9-19(33)10-12-20/h5-8,13-15,19-20,24,33H,9-12,16H2,1-4H3,(H,35,36). The molecule has 1 saturated carbocycles. The third kappa shape index (κ3) is 5.18. The fourth-order valence-corrected chi connectivity index (χ4v) is 6.57. The van der Waals surface area contributed by atoms with Crippen molar-refractivity contribution in [2.45, 2.75) is 76.6 Å². The minimum Gasteiger partial charge on any atom is -0.496 e. The molecule has 0 radical (unpaired) electrons. The minimum absolute atomic E-state index is 0.0527. The van der Waals surface area contributed by atoms with E-state index in [-0.39, 0.29) is 23.3 Å². The van der Waals surface area contributed by atoms with Gasteiger partial charge in [-0.05, 0) is 64.2 Å². The lowest BCUT2D eigenvalue weighted by Crippen LogP contribution is -2.36. The van der Waals surface area contributed by atoms with Crippen molar-refractivity contribution in [1.29, 1.82) is 0 Å². The maximum Gasteiger partial charge on any atom is 0.313 e. The first-order chi connectivity index (χ1) is 19.1. The summed E-state index contributed by atoms with van der Waals surface area (Å²) in [4.78, 5) is 31.8. The number of carbonyl (C=O) groups is 1. The van der Waals surface area contributed by atoms with E-state index in [2.05, 4.69) is 4.98 Å². The normalized spacial score (nSPS) is 18.6. The van der Waals surface area contributed by atoms with Gasteiger partial charge in [0, 0.05) is 23.2 Å². The number of rotatable bonds is 9. The fraction of sp³-hybridized carbons (Fsp3) is 0.433. The number of ether oxygens (including phenoxy) is 2. The molecule has 1 aliphatic rings. The molecule has 10 heteroatoms. The average molecular weight is 567 g/mol. The molecule has 0 aliphatic heterocycles. The maximum atomic E-state index is 13.8. The molecule has 40 heavy (non-hydrogen) atoms. The Balaban J connectivity index is 1.69. The highest BCUT2D eigenvalue weighted by Crippen LogP contribution is 2.39. The molecule has 212 valence electrons. The zero-order chi connectivity index (χ0) is 28.6. The number of nitrogens with zero attached hydrogens (tertiary/aromatic N) is 2. The van der Waals surface area contributed by atoms with Gasteiger partial charge < -0.3 is 24.1 Å². The van der Waals surface area contributed by atoms with Crippen LogP contribution in [0, 0.1) is 6.92 Å². The number of fused-ring (bicyclic) bond motifs is 1. The van der Waals surface area contributed by atoms with E-state index in [1.54, 1.807) is 37.6 Å². The number of oxazole rings is 1. The molecular weight excluding hydrogens is 532 g/mol. The Hall–Kier alpha value is -3.47. The highest BCUT2D eigenvalue weighted by molar-refractivity contribution is 7.21. The van der Waals surface area contributed by atoms with Crippen molar-refractivity contribution in [2.24, 2.45) is 0 Å². The second-order valence-corrected chi connectivity index (χ2v) is 11.8. The van der Waals surface area contributed by atoms with Gasteiger partial charge in [0.15, 0.2) is 0 Å². The Morgan fingerprint density at radius 2 is 1.98 bits per heavy atom. The van der Waals surface area contributed by atoms with Crippen LogP contribution < -0.4 is 10.3 Å². The van der Waals surface area contributed by atoms with E-state index in [1.165, 1.54) is 17.6 Å². The van der Waals surface area contributed by atoms with E-state index in [4.69, 9.17) is 13.9 Å². The lowest BCUT2D eigenvalue weighted by molar-refractivity contribution is -0.142. The van der Waals surface area contributed by atoms with Crippen molar-refractivity contribution in [3.63, 3.8) is 0 Å². The van der Waals surface area contributed by atoms with Crippen molar-refractivity contribution in [2.75, 3.05) is 7.11 Å².